The second kappa shape index (κ2) is 6.63. The van der Waals surface area contributed by atoms with Crippen LogP contribution in [-0.4, -0.2) is 6.61 Å². The third kappa shape index (κ3) is 2.95. The fourth-order valence-electron chi connectivity index (χ4n) is 2.39. The number of ether oxygens (including phenoxy) is 1. The average molecular weight is 246 g/mol. The summed E-state index contributed by atoms with van der Waals surface area (Å²) in [5, 5.41) is 0. The fraction of sp³-hybridized carbons (Fsp3) is 0.529. The van der Waals surface area contributed by atoms with Gasteiger partial charge >= 0.3 is 0 Å². The van der Waals surface area contributed by atoms with Crippen molar-refractivity contribution in [1.29, 1.82) is 0 Å². The normalized spacial score (nSPS) is 17.4. The van der Waals surface area contributed by atoms with Gasteiger partial charge in [-0.15, -0.1) is 0 Å². The lowest BCUT2D eigenvalue weighted by atomic mass is 9.75. The Labute approximate surface area is 112 Å². The van der Waals surface area contributed by atoms with Crippen LogP contribution in [0.4, 0.5) is 0 Å². The molecule has 0 atom stereocenters. The quantitative estimate of drug-likeness (QED) is 0.587. The van der Waals surface area contributed by atoms with Gasteiger partial charge in [-0.1, -0.05) is 52.2 Å². The van der Waals surface area contributed by atoms with Crippen molar-refractivity contribution in [3.8, 4) is 0 Å². The molecule has 18 heavy (non-hydrogen) atoms. The average Bonchev–Trinajstić information content (AvgIpc) is 2.44. The zero-order valence-electron chi connectivity index (χ0n) is 12.1. The monoisotopic (exact) mass is 246 g/mol. The van der Waals surface area contributed by atoms with E-state index < -0.39 is 0 Å². The topological polar surface area (TPSA) is 9.23 Å². The first kappa shape index (κ1) is 14.8. The predicted octanol–water partition coefficient (Wildman–Crippen LogP) is 5.18. The second-order valence-electron chi connectivity index (χ2n) is 5.09. The Hall–Kier alpha value is -1.24. The van der Waals surface area contributed by atoms with Gasteiger partial charge in [-0.3, -0.25) is 0 Å². The van der Waals surface area contributed by atoms with Gasteiger partial charge < -0.3 is 4.74 Å². The van der Waals surface area contributed by atoms with Gasteiger partial charge in [0, 0.05) is 5.57 Å². The van der Waals surface area contributed by atoms with E-state index in [4.69, 9.17) is 4.74 Å². The SMILES string of the molecule is C=C/C=C(\C1=C(C=C)CCCO1)C(C)(CC)CC. The van der Waals surface area contributed by atoms with E-state index in [9.17, 15) is 0 Å². The first-order valence-electron chi connectivity index (χ1n) is 6.94. The highest BCUT2D eigenvalue weighted by molar-refractivity contribution is 5.41. The minimum Gasteiger partial charge on any atom is -0.493 e. The Morgan fingerprint density at radius 1 is 1.33 bits per heavy atom. The molecule has 1 aliphatic rings. The third-order valence-electron chi connectivity index (χ3n) is 4.11. The molecule has 0 aliphatic carbocycles. The summed E-state index contributed by atoms with van der Waals surface area (Å²) in [7, 11) is 0. The van der Waals surface area contributed by atoms with Crippen molar-refractivity contribution in [1.82, 2.24) is 0 Å². The van der Waals surface area contributed by atoms with Crippen LogP contribution in [0.25, 0.3) is 0 Å². The minimum atomic E-state index is 0.148. The van der Waals surface area contributed by atoms with Gasteiger partial charge in [0.05, 0.1) is 6.61 Å². The van der Waals surface area contributed by atoms with Crippen LogP contribution in [-0.2, 0) is 4.74 Å². The van der Waals surface area contributed by atoms with Crippen LogP contribution >= 0.6 is 0 Å². The summed E-state index contributed by atoms with van der Waals surface area (Å²) in [5.41, 5.74) is 2.66. The fourth-order valence-corrected chi connectivity index (χ4v) is 2.39. The van der Waals surface area contributed by atoms with Crippen LogP contribution in [0.2, 0.25) is 0 Å². The molecule has 0 aromatic heterocycles. The predicted molar refractivity (Wildman–Crippen MR) is 79.4 cm³/mol. The molecule has 0 bridgehead atoms. The van der Waals surface area contributed by atoms with Crippen LogP contribution in [0, 0.1) is 5.41 Å². The van der Waals surface area contributed by atoms with Crippen LogP contribution in [0.5, 0.6) is 0 Å². The van der Waals surface area contributed by atoms with E-state index in [0.717, 1.165) is 38.0 Å². The highest BCUT2D eigenvalue weighted by Crippen LogP contribution is 2.41. The van der Waals surface area contributed by atoms with E-state index in [-0.39, 0.29) is 5.41 Å². The third-order valence-corrected chi connectivity index (χ3v) is 4.11. The van der Waals surface area contributed by atoms with Gasteiger partial charge in [-0.25, -0.2) is 0 Å². The summed E-state index contributed by atoms with van der Waals surface area (Å²) in [5.74, 6) is 1.04. The first-order chi connectivity index (χ1) is 8.62. The maximum Gasteiger partial charge on any atom is 0.126 e. The van der Waals surface area contributed by atoms with Crippen molar-refractivity contribution in [2.75, 3.05) is 6.61 Å². The molecule has 0 aromatic rings. The van der Waals surface area contributed by atoms with E-state index in [1.807, 2.05) is 12.2 Å². The number of hydrogen-bond donors (Lipinski definition) is 0. The molecule has 1 heterocycles. The number of allylic oxidation sites excluding steroid dienone is 5. The molecule has 100 valence electrons. The molecular weight excluding hydrogens is 220 g/mol. The second-order valence-corrected chi connectivity index (χ2v) is 5.09. The van der Waals surface area contributed by atoms with E-state index in [0.29, 0.717) is 0 Å². The molecule has 0 N–H and O–H groups in total. The van der Waals surface area contributed by atoms with Crippen LogP contribution in [0.15, 0.2) is 48.3 Å². The first-order valence-corrected chi connectivity index (χ1v) is 6.94. The molecule has 1 heteroatoms. The smallest absolute Gasteiger partial charge is 0.126 e. The summed E-state index contributed by atoms with van der Waals surface area (Å²) < 4.78 is 5.94. The zero-order chi connectivity index (χ0) is 13.6. The molecule has 0 amide bonds. The Balaban J connectivity index is 3.28. The lowest BCUT2D eigenvalue weighted by molar-refractivity contribution is 0.181. The Morgan fingerprint density at radius 3 is 2.50 bits per heavy atom. The Bertz CT molecular complexity index is 367. The van der Waals surface area contributed by atoms with Gasteiger partial charge in [0.1, 0.15) is 5.76 Å². The molecular formula is C17H26O. The summed E-state index contributed by atoms with van der Waals surface area (Å²) in [4.78, 5) is 0. The summed E-state index contributed by atoms with van der Waals surface area (Å²) >= 11 is 0. The highest BCUT2D eigenvalue weighted by atomic mass is 16.5. The lowest BCUT2D eigenvalue weighted by Gasteiger charge is -2.34. The zero-order valence-corrected chi connectivity index (χ0v) is 12.1. The van der Waals surface area contributed by atoms with E-state index in [1.165, 1.54) is 11.1 Å². The van der Waals surface area contributed by atoms with E-state index in [2.05, 4.69) is 40.0 Å². The molecule has 0 unspecified atom stereocenters. The van der Waals surface area contributed by atoms with Crippen molar-refractivity contribution >= 4 is 0 Å². The lowest BCUT2D eigenvalue weighted by Crippen LogP contribution is -2.22. The minimum absolute atomic E-state index is 0.148. The Kier molecular flexibility index (Phi) is 5.46. The Morgan fingerprint density at radius 2 is 2.00 bits per heavy atom. The van der Waals surface area contributed by atoms with Crippen molar-refractivity contribution in [3.63, 3.8) is 0 Å². The molecule has 1 aliphatic heterocycles. The van der Waals surface area contributed by atoms with Gasteiger partial charge in [0.2, 0.25) is 0 Å². The van der Waals surface area contributed by atoms with Crippen molar-refractivity contribution in [2.45, 2.75) is 46.5 Å². The van der Waals surface area contributed by atoms with Gasteiger partial charge in [0.25, 0.3) is 0 Å². The standard InChI is InChI=1S/C17H26O/c1-6-11-15(17(5,8-3)9-4)16-14(7-2)12-10-13-18-16/h6-7,11H,1-2,8-10,12-13H2,3-5H3/b15-11+. The maximum atomic E-state index is 5.94. The van der Waals surface area contributed by atoms with Gasteiger partial charge in [-0.2, -0.15) is 0 Å². The summed E-state index contributed by atoms with van der Waals surface area (Å²) in [6.45, 7) is 15.3. The van der Waals surface area contributed by atoms with Crippen LogP contribution in [0.3, 0.4) is 0 Å². The molecule has 0 saturated heterocycles. The van der Waals surface area contributed by atoms with Crippen LogP contribution in [0.1, 0.15) is 46.5 Å². The van der Waals surface area contributed by atoms with Gasteiger partial charge in [0.15, 0.2) is 0 Å². The molecule has 0 saturated carbocycles. The van der Waals surface area contributed by atoms with Crippen LogP contribution < -0.4 is 0 Å². The maximum absolute atomic E-state index is 5.94. The van der Waals surface area contributed by atoms with E-state index >= 15 is 0 Å². The molecule has 0 radical (unpaired) electrons. The number of hydrogen-bond acceptors (Lipinski definition) is 1. The highest BCUT2D eigenvalue weighted by Gasteiger charge is 2.30. The summed E-state index contributed by atoms with van der Waals surface area (Å²) in [6, 6.07) is 0. The molecule has 0 aromatic carbocycles. The van der Waals surface area contributed by atoms with Crippen molar-refractivity contribution in [3.05, 3.63) is 48.3 Å². The van der Waals surface area contributed by atoms with Gasteiger partial charge in [-0.05, 0) is 36.7 Å². The molecule has 0 fully saturated rings. The molecule has 1 rings (SSSR count). The largest absolute Gasteiger partial charge is 0.493 e. The van der Waals surface area contributed by atoms with E-state index in [1.54, 1.807) is 0 Å². The number of rotatable bonds is 6. The molecule has 0 spiro atoms. The molecule has 1 nitrogen and oxygen atoms in total. The van der Waals surface area contributed by atoms with Crippen molar-refractivity contribution in [2.24, 2.45) is 5.41 Å². The van der Waals surface area contributed by atoms with Crippen molar-refractivity contribution < 1.29 is 4.74 Å². The summed E-state index contributed by atoms with van der Waals surface area (Å²) in [6.07, 6.45) is 10.3.